The molecule has 0 unspecified atom stereocenters. The van der Waals surface area contributed by atoms with Gasteiger partial charge in [-0.3, -0.25) is 0 Å². The van der Waals surface area contributed by atoms with Crippen molar-refractivity contribution in [2.75, 3.05) is 65.2 Å². The molecule has 158 valence electrons. The van der Waals surface area contributed by atoms with Crippen LogP contribution < -0.4 is 10.1 Å². The Balaban J connectivity index is 1.56. The van der Waals surface area contributed by atoms with Gasteiger partial charge < -0.3 is 29.4 Å². The number of ether oxygens (including phenoxy) is 4. The Morgan fingerprint density at radius 3 is 1.69 bits per heavy atom. The predicted octanol–water partition coefficient (Wildman–Crippen LogP) is 3.32. The predicted molar refractivity (Wildman–Crippen MR) is 116 cm³/mol. The summed E-state index contributed by atoms with van der Waals surface area (Å²) >= 11 is 0. The molecular formula is C23H31NO5. The Hall–Kier alpha value is -2.38. The molecule has 2 aromatic rings. The van der Waals surface area contributed by atoms with Crippen LogP contribution >= 0.6 is 0 Å². The molecule has 0 aliphatic rings. The van der Waals surface area contributed by atoms with Crippen LogP contribution in [0.15, 0.2) is 48.5 Å². The second kappa shape index (κ2) is 14.6. The van der Waals surface area contributed by atoms with Crippen LogP contribution in [0.25, 0.3) is 12.2 Å². The lowest BCUT2D eigenvalue weighted by Crippen LogP contribution is -2.13. The van der Waals surface area contributed by atoms with Gasteiger partial charge in [-0.2, -0.15) is 0 Å². The average Bonchev–Trinajstić information content (AvgIpc) is 2.77. The maximum absolute atomic E-state index is 8.56. The van der Waals surface area contributed by atoms with Crippen molar-refractivity contribution in [1.82, 2.24) is 0 Å². The molecule has 6 heteroatoms. The van der Waals surface area contributed by atoms with E-state index in [1.54, 1.807) is 0 Å². The Morgan fingerprint density at radius 1 is 0.690 bits per heavy atom. The lowest BCUT2D eigenvalue weighted by Gasteiger charge is -2.08. The van der Waals surface area contributed by atoms with E-state index in [4.69, 9.17) is 24.1 Å². The van der Waals surface area contributed by atoms with Gasteiger partial charge in [0, 0.05) is 12.7 Å². The molecule has 0 aromatic heterocycles. The molecule has 0 radical (unpaired) electrons. The summed E-state index contributed by atoms with van der Waals surface area (Å²) in [6, 6.07) is 16.2. The molecule has 6 nitrogen and oxygen atoms in total. The number of aliphatic hydroxyl groups is 1. The number of aliphatic hydroxyl groups excluding tert-OH is 1. The second-order valence-corrected chi connectivity index (χ2v) is 6.18. The van der Waals surface area contributed by atoms with Gasteiger partial charge in [0.2, 0.25) is 0 Å². The van der Waals surface area contributed by atoms with Gasteiger partial charge in [0.15, 0.2) is 0 Å². The molecular weight excluding hydrogens is 370 g/mol. The molecule has 0 aliphatic carbocycles. The van der Waals surface area contributed by atoms with E-state index in [1.165, 1.54) is 0 Å². The summed E-state index contributed by atoms with van der Waals surface area (Å²) in [7, 11) is 1.91. The molecule has 0 spiro atoms. The first kappa shape index (κ1) is 22.9. The minimum Gasteiger partial charge on any atom is -0.491 e. The lowest BCUT2D eigenvalue weighted by molar-refractivity contribution is 0.00361. The number of nitrogens with one attached hydrogen (secondary N) is 1. The third-order valence-electron chi connectivity index (χ3n) is 4.02. The highest BCUT2D eigenvalue weighted by Gasteiger charge is 1.96. The van der Waals surface area contributed by atoms with Gasteiger partial charge in [-0.15, -0.1) is 0 Å². The molecule has 0 aliphatic heterocycles. The van der Waals surface area contributed by atoms with Crippen LogP contribution in [0.4, 0.5) is 5.69 Å². The summed E-state index contributed by atoms with van der Waals surface area (Å²) in [5.74, 6) is 0.821. The molecule has 0 bridgehead atoms. The second-order valence-electron chi connectivity index (χ2n) is 6.18. The van der Waals surface area contributed by atoms with Crippen molar-refractivity contribution in [3.8, 4) is 5.75 Å². The SMILES string of the molecule is CNc1ccc(/C=C/c2ccc(OCCOCCOCCOCCO)cc2)cc1. The third-order valence-corrected chi connectivity index (χ3v) is 4.02. The van der Waals surface area contributed by atoms with Gasteiger partial charge in [-0.1, -0.05) is 36.4 Å². The van der Waals surface area contributed by atoms with Crippen molar-refractivity contribution in [1.29, 1.82) is 0 Å². The molecule has 2 N–H and O–H groups in total. The highest BCUT2D eigenvalue weighted by Crippen LogP contribution is 2.15. The normalized spacial score (nSPS) is 11.1. The van der Waals surface area contributed by atoms with E-state index in [2.05, 4.69) is 41.7 Å². The zero-order valence-corrected chi connectivity index (χ0v) is 17.0. The quantitative estimate of drug-likeness (QED) is 0.352. The van der Waals surface area contributed by atoms with E-state index >= 15 is 0 Å². The maximum atomic E-state index is 8.56. The van der Waals surface area contributed by atoms with Crippen molar-refractivity contribution in [2.45, 2.75) is 0 Å². The molecule has 2 aromatic carbocycles. The van der Waals surface area contributed by atoms with Crippen LogP contribution in [0.1, 0.15) is 11.1 Å². The molecule has 0 heterocycles. The van der Waals surface area contributed by atoms with Crippen molar-refractivity contribution in [3.63, 3.8) is 0 Å². The monoisotopic (exact) mass is 401 g/mol. The number of benzene rings is 2. The first-order chi connectivity index (χ1) is 14.3. The van der Waals surface area contributed by atoms with Crippen molar-refractivity contribution >= 4 is 17.8 Å². The summed E-state index contributed by atoms with van der Waals surface area (Å²) in [5, 5.41) is 11.7. The smallest absolute Gasteiger partial charge is 0.119 e. The van der Waals surface area contributed by atoms with Gasteiger partial charge in [-0.25, -0.2) is 0 Å². The van der Waals surface area contributed by atoms with Crippen molar-refractivity contribution < 1.29 is 24.1 Å². The van der Waals surface area contributed by atoms with Crippen LogP contribution in [-0.2, 0) is 14.2 Å². The third kappa shape index (κ3) is 10.1. The van der Waals surface area contributed by atoms with E-state index in [9.17, 15) is 0 Å². The summed E-state index contributed by atoms with van der Waals surface area (Å²) in [5.41, 5.74) is 3.37. The number of rotatable bonds is 15. The van der Waals surface area contributed by atoms with Crippen LogP contribution in [0.2, 0.25) is 0 Å². The molecule has 0 saturated heterocycles. The van der Waals surface area contributed by atoms with E-state index in [1.807, 2.05) is 31.3 Å². The van der Waals surface area contributed by atoms with Gasteiger partial charge in [0.1, 0.15) is 12.4 Å². The Morgan fingerprint density at radius 2 is 1.17 bits per heavy atom. The first-order valence-corrected chi connectivity index (χ1v) is 9.84. The Labute approximate surface area is 173 Å². The molecule has 0 saturated carbocycles. The van der Waals surface area contributed by atoms with E-state index in [0.29, 0.717) is 46.2 Å². The van der Waals surface area contributed by atoms with Gasteiger partial charge >= 0.3 is 0 Å². The summed E-state index contributed by atoms with van der Waals surface area (Å²) in [6.07, 6.45) is 4.17. The largest absolute Gasteiger partial charge is 0.491 e. The van der Waals surface area contributed by atoms with Gasteiger partial charge in [0.05, 0.1) is 46.2 Å². The van der Waals surface area contributed by atoms with E-state index in [0.717, 1.165) is 22.6 Å². The fraction of sp³-hybridized carbons (Fsp3) is 0.391. The minimum absolute atomic E-state index is 0.0359. The number of hydrogen-bond acceptors (Lipinski definition) is 6. The first-order valence-electron chi connectivity index (χ1n) is 9.84. The Bertz CT molecular complexity index is 685. The minimum atomic E-state index is 0.0359. The van der Waals surface area contributed by atoms with Crippen LogP contribution in [-0.4, -0.2) is 65.0 Å². The zero-order chi connectivity index (χ0) is 20.6. The fourth-order valence-corrected chi connectivity index (χ4v) is 2.45. The summed E-state index contributed by atoms with van der Waals surface area (Å²) in [6.45, 7) is 3.40. The maximum Gasteiger partial charge on any atom is 0.119 e. The summed E-state index contributed by atoms with van der Waals surface area (Å²) < 4.78 is 21.6. The molecule has 2 rings (SSSR count). The number of anilines is 1. The zero-order valence-electron chi connectivity index (χ0n) is 17.0. The van der Waals surface area contributed by atoms with Crippen molar-refractivity contribution in [3.05, 3.63) is 59.7 Å². The van der Waals surface area contributed by atoms with Gasteiger partial charge in [-0.05, 0) is 35.4 Å². The topological polar surface area (TPSA) is 69.2 Å². The van der Waals surface area contributed by atoms with Crippen molar-refractivity contribution in [2.24, 2.45) is 0 Å². The van der Waals surface area contributed by atoms with Crippen LogP contribution in [0.3, 0.4) is 0 Å². The molecule has 0 atom stereocenters. The van der Waals surface area contributed by atoms with Gasteiger partial charge in [0.25, 0.3) is 0 Å². The summed E-state index contributed by atoms with van der Waals surface area (Å²) in [4.78, 5) is 0. The molecule has 0 amide bonds. The molecule has 29 heavy (non-hydrogen) atoms. The van der Waals surface area contributed by atoms with E-state index < -0.39 is 0 Å². The standard InChI is InChI=1S/C23H31NO5/c1-24-22-8-4-20(5-9-22)2-3-21-6-10-23(11-7-21)29-19-18-28-17-16-27-15-14-26-13-12-25/h2-11,24-25H,12-19H2,1H3/b3-2+. The van der Waals surface area contributed by atoms with Crippen LogP contribution in [0.5, 0.6) is 5.75 Å². The lowest BCUT2D eigenvalue weighted by atomic mass is 10.1. The van der Waals surface area contributed by atoms with Crippen LogP contribution in [0, 0.1) is 0 Å². The average molecular weight is 402 g/mol. The highest BCUT2D eigenvalue weighted by molar-refractivity contribution is 5.70. The highest BCUT2D eigenvalue weighted by atomic mass is 16.6. The van der Waals surface area contributed by atoms with E-state index in [-0.39, 0.29) is 6.61 Å². The Kier molecular flexibility index (Phi) is 11.5. The molecule has 0 fully saturated rings. The fourth-order valence-electron chi connectivity index (χ4n) is 2.45. The number of hydrogen-bond donors (Lipinski definition) is 2.